The monoisotopic (exact) mass is 230 g/mol. The summed E-state index contributed by atoms with van der Waals surface area (Å²) in [5, 5.41) is 3.48. The average molecular weight is 230 g/mol. The lowest BCUT2D eigenvalue weighted by atomic mass is 10.2. The van der Waals surface area contributed by atoms with Gasteiger partial charge in [-0.2, -0.15) is 0 Å². The maximum atomic E-state index is 11.4. The molecule has 0 N–H and O–H groups in total. The van der Waals surface area contributed by atoms with Crippen LogP contribution in [0.3, 0.4) is 0 Å². The summed E-state index contributed by atoms with van der Waals surface area (Å²) in [4.78, 5) is 0. The van der Waals surface area contributed by atoms with Gasteiger partial charge in [0.05, 0.1) is 19.0 Å². The highest BCUT2D eigenvalue weighted by atomic mass is 32.2. The van der Waals surface area contributed by atoms with Crippen LogP contribution in [0.15, 0.2) is 9.59 Å². The Labute approximate surface area is 87.9 Å². The highest BCUT2D eigenvalue weighted by Gasteiger charge is 2.13. The molecule has 0 unspecified atom stereocenters. The molecule has 2 rings (SSSR count). The smallest absolute Gasteiger partial charge is 0.0958 e. The van der Waals surface area contributed by atoms with Gasteiger partial charge in [-0.3, -0.25) is 4.21 Å². The lowest BCUT2D eigenvalue weighted by Gasteiger charge is -1.92. The lowest BCUT2D eigenvalue weighted by molar-refractivity contribution is 0.688. The normalized spacial score (nSPS) is 13.8. The van der Waals surface area contributed by atoms with Crippen LogP contribution in [0.5, 0.6) is 0 Å². The van der Waals surface area contributed by atoms with Gasteiger partial charge in [0.15, 0.2) is 0 Å². The number of thiophene rings is 2. The zero-order valence-corrected chi connectivity index (χ0v) is 10.2. The van der Waals surface area contributed by atoms with Crippen molar-refractivity contribution in [2.75, 3.05) is 6.26 Å². The molecule has 0 spiro atoms. The lowest BCUT2D eigenvalue weighted by Crippen LogP contribution is -1.84. The first-order valence-corrected chi connectivity index (χ1v) is 7.17. The molecule has 0 radical (unpaired) electrons. The fourth-order valence-corrected chi connectivity index (χ4v) is 5.15. The van der Waals surface area contributed by atoms with Gasteiger partial charge < -0.3 is 0 Å². The van der Waals surface area contributed by atoms with Gasteiger partial charge in [-0.15, -0.1) is 22.7 Å². The standard InChI is InChI=1S/C9H10OS3/c1-5-4-11-8-7(5)6(2)9(12-8)13(3)10/h4H,1-3H3/t13-/m1/s1. The Morgan fingerprint density at radius 1 is 1.38 bits per heavy atom. The van der Waals surface area contributed by atoms with E-state index in [2.05, 4.69) is 19.2 Å². The molecule has 2 heterocycles. The maximum absolute atomic E-state index is 11.4. The Bertz CT molecular complexity index is 478. The molecule has 1 nitrogen and oxygen atoms in total. The Balaban J connectivity index is 2.82. The summed E-state index contributed by atoms with van der Waals surface area (Å²) in [5.74, 6) is 0. The van der Waals surface area contributed by atoms with Gasteiger partial charge in [0.25, 0.3) is 0 Å². The first kappa shape index (κ1) is 9.37. The van der Waals surface area contributed by atoms with E-state index < -0.39 is 10.8 Å². The van der Waals surface area contributed by atoms with Crippen LogP contribution in [0.2, 0.25) is 0 Å². The maximum Gasteiger partial charge on any atom is 0.0958 e. The number of rotatable bonds is 1. The van der Waals surface area contributed by atoms with Gasteiger partial charge in [-0.1, -0.05) is 0 Å². The third kappa shape index (κ3) is 1.37. The molecule has 0 aromatic carbocycles. The van der Waals surface area contributed by atoms with Crippen LogP contribution >= 0.6 is 22.7 Å². The summed E-state index contributed by atoms with van der Waals surface area (Å²) < 4.78 is 13.7. The summed E-state index contributed by atoms with van der Waals surface area (Å²) in [6, 6.07) is 0. The van der Waals surface area contributed by atoms with Crippen molar-refractivity contribution in [1.29, 1.82) is 0 Å². The van der Waals surface area contributed by atoms with Crippen LogP contribution in [0.25, 0.3) is 9.40 Å². The molecule has 2 aromatic heterocycles. The molecule has 0 amide bonds. The molecular weight excluding hydrogens is 220 g/mol. The second-order valence-electron chi connectivity index (χ2n) is 3.05. The second-order valence-corrected chi connectivity index (χ2v) is 6.78. The van der Waals surface area contributed by atoms with Crippen LogP contribution < -0.4 is 0 Å². The van der Waals surface area contributed by atoms with Crippen LogP contribution in [-0.2, 0) is 10.8 Å². The summed E-state index contributed by atoms with van der Waals surface area (Å²) in [6.45, 7) is 4.18. The van der Waals surface area contributed by atoms with E-state index in [-0.39, 0.29) is 0 Å². The van der Waals surface area contributed by atoms with Crippen molar-refractivity contribution in [3.05, 3.63) is 16.5 Å². The number of aryl methyl sites for hydroxylation is 2. The Morgan fingerprint density at radius 3 is 2.62 bits per heavy atom. The molecular formula is C9H10OS3. The van der Waals surface area contributed by atoms with E-state index in [4.69, 9.17) is 0 Å². The molecule has 0 aliphatic heterocycles. The quantitative estimate of drug-likeness (QED) is 0.734. The molecule has 0 saturated heterocycles. The van der Waals surface area contributed by atoms with Gasteiger partial charge in [0.1, 0.15) is 0 Å². The molecule has 0 aliphatic carbocycles. The predicted molar refractivity (Wildman–Crippen MR) is 61.5 cm³/mol. The number of fused-ring (bicyclic) bond motifs is 1. The van der Waals surface area contributed by atoms with E-state index in [1.807, 2.05) is 0 Å². The molecule has 0 saturated carbocycles. The minimum atomic E-state index is -0.835. The van der Waals surface area contributed by atoms with Crippen LogP contribution in [0.1, 0.15) is 11.1 Å². The topological polar surface area (TPSA) is 17.1 Å². The van der Waals surface area contributed by atoms with Crippen LogP contribution in [-0.4, -0.2) is 10.5 Å². The fraction of sp³-hybridized carbons (Fsp3) is 0.333. The third-order valence-electron chi connectivity index (χ3n) is 2.07. The highest BCUT2D eigenvalue weighted by molar-refractivity contribution is 7.87. The van der Waals surface area contributed by atoms with E-state index >= 15 is 0 Å². The van der Waals surface area contributed by atoms with Gasteiger partial charge >= 0.3 is 0 Å². The minimum absolute atomic E-state index is 0.835. The minimum Gasteiger partial charge on any atom is -0.254 e. The number of hydrogen-bond acceptors (Lipinski definition) is 3. The first-order chi connectivity index (χ1) is 6.11. The number of hydrogen-bond donors (Lipinski definition) is 0. The molecule has 13 heavy (non-hydrogen) atoms. The molecule has 4 heteroatoms. The van der Waals surface area contributed by atoms with Gasteiger partial charge in [0, 0.05) is 11.6 Å². The molecule has 0 fully saturated rings. The molecule has 70 valence electrons. The third-order valence-corrected chi connectivity index (χ3v) is 6.16. The van der Waals surface area contributed by atoms with E-state index in [1.165, 1.54) is 20.5 Å². The Kier molecular flexibility index (Phi) is 2.30. The zero-order chi connectivity index (χ0) is 9.59. The zero-order valence-electron chi connectivity index (χ0n) is 7.71. The first-order valence-electron chi connectivity index (χ1n) is 3.92. The van der Waals surface area contributed by atoms with Crippen molar-refractivity contribution in [3.63, 3.8) is 0 Å². The molecule has 2 aromatic rings. The van der Waals surface area contributed by atoms with Gasteiger partial charge in [-0.25, -0.2) is 0 Å². The summed E-state index contributed by atoms with van der Waals surface area (Å²) in [7, 11) is -0.835. The molecule has 0 bridgehead atoms. The van der Waals surface area contributed by atoms with Crippen molar-refractivity contribution in [2.24, 2.45) is 0 Å². The highest BCUT2D eigenvalue weighted by Crippen LogP contribution is 2.38. The van der Waals surface area contributed by atoms with Crippen LogP contribution in [0.4, 0.5) is 0 Å². The van der Waals surface area contributed by atoms with Crippen molar-refractivity contribution in [2.45, 2.75) is 18.1 Å². The Hall–Kier alpha value is -0.190. The van der Waals surface area contributed by atoms with E-state index in [1.54, 1.807) is 28.9 Å². The van der Waals surface area contributed by atoms with E-state index in [0.717, 1.165) is 4.21 Å². The van der Waals surface area contributed by atoms with Gasteiger partial charge in [0.2, 0.25) is 0 Å². The van der Waals surface area contributed by atoms with Crippen molar-refractivity contribution >= 4 is 42.9 Å². The average Bonchev–Trinajstić information content (AvgIpc) is 2.55. The van der Waals surface area contributed by atoms with Crippen molar-refractivity contribution in [1.82, 2.24) is 0 Å². The largest absolute Gasteiger partial charge is 0.254 e. The summed E-state index contributed by atoms with van der Waals surface area (Å²) >= 11 is 3.42. The van der Waals surface area contributed by atoms with E-state index in [0.29, 0.717) is 0 Å². The second kappa shape index (κ2) is 3.19. The van der Waals surface area contributed by atoms with E-state index in [9.17, 15) is 4.21 Å². The van der Waals surface area contributed by atoms with Gasteiger partial charge in [-0.05, 0) is 30.4 Å². The SMILES string of the molecule is Cc1csc2sc([S@@](C)=O)c(C)c12. The fourth-order valence-electron chi connectivity index (χ4n) is 1.48. The van der Waals surface area contributed by atoms with Crippen LogP contribution in [0, 0.1) is 13.8 Å². The Morgan fingerprint density at radius 2 is 2.08 bits per heavy atom. The predicted octanol–water partition coefficient (Wildman–Crippen LogP) is 3.32. The van der Waals surface area contributed by atoms with Crippen molar-refractivity contribution < 1.29 is 4.21 Å². The molecule has 0 aliphatic rings. The molecule has 1 atom stereocenters. The summed E-state index contributed by atoms with van der Waals surface area (Å²) in [5.41, 5.74) is 2.52. The summed E-state index contributed by atoms with van der Waals surface area (Å²) in [6.07, 6.45) is 1.75. The van der Waals surface area contributed by atoms with Crippen molar-refractivity contribution in [3.8, 4) is 0 Å².